The molecule has 0 aliphatic carbocycles. The number of para-hydroxylation sites is 5. The van der Waals surface area contributed by atoms with Gasteiger partial charge >= 0.3 is 0 Å². The van der Waals surface area contributed by atoms with Crippen LogP contribution in [0.4, 0.5) is 0 Å². The van der Waals surface area contributed by atoms with Crippen LogP contribution in [0.1, 0.15) is 145 Å². The van der Waals surface area contributed by atoms with Crippen molar-refractivity contribution >= 4 is 72.2 Å². The molecular weight excluding hydrogens is 1730 g/mol. The fraction of sp³-hybridized carbons (Fsp3) is 0.282. The van der Waals surface area contributed by atoms with E-state index in [-0.39, 0.29) is 29.6 Å². The van der Waals surface area contributed by atoms with Crippen LogP contribution in [0.3, 0.4) is 0 Å². The van der Waals surface area contributed by atoms with Gasteiger partial charge in [-0.2, -0.15) is 0 Å². The van der Waals surface area contributed by atoms with Gasteiger partial charge in [-0.1, -0.05) is 146 Å². The number of carbonyl (C=O) groups is 3. The number of amides is 3. The molecule has 0 saturated carbocycles. The molecule has 0 bridgehead atoms. The number of ether oxygens (including phenoxy) is 7. The number of aryl methyl sites for hydroxylation is 6. The average molecular weight is 1850 g/mol. The summed E-state index contributed by atoms with van der Waals surface area (Å²) in [7, 11) is 8.28. The van der Waals surface area contributed by atoms with Crippen LogP contribution in [-0.4, -0.2) is 149 Å². The lowest BCUT2D eigenvalue weighted by atomic mass is 9.97. The highest BCUT2D eigenvalue weighted by atomic mass is 16.5. The van der Waals surface area contributed by atoms with Gasteiger partial charge in [0.25, 0.3) is 5.91 Å². The zero-order valence-corrected chi connectivity index (χ0v) is 78.3. The summed E-state index contributed by atoms with van der Waals surface area (Å²) >= 11 is 0. The topological polar surface area (TPSA) is 349 Å². The number of benzene rings is 10. The van der Waals surface area contributed by atoms with Gasteiger partial charge in [0.1, 0.15) is 46.2 Å². The highest BCUT2D eigenvalue weighted by Gasteiger charge is 2.34. The van der Waals surface area contributed by atoms with E-state index >= 15 is 0 Å². The van der Waals surface area contributed by atoms with Gasteiger partial charge in [-0.3, -0.25) is 14.4 Å². The normalized spacial score (nSPS) is 13.6. The van der Waals surface area contributed by atoms with E-state index < -0.39 is 18.1 Å². The molecule has 3 atom stereocenters. The van der Waals surface area contributed by atoms with Crippen molar-refractivity contribution in [2.24, 2.45) is 17.6 Å². The van der Waals surface area contributed by atoms with Crippen molar-refractivity contribution < 1.29 is 47.5 Å². The lowest BCUT2D eigenvalue weighted by molar-refractivity contribution is -0.129. The van der Waals surface area contributed by atoms with E-state index in [0.29, 0.717) is 140 Å². The molecule has 8 aromatic heterocycles. The van der Waals surface area contributed by atoms with E-state index in [1.807, 2.05) is 152 Å². The fourth-order valence-corrected chi connectivity index (χ4v) is 18.9. The van der Waals surface area contributed by atoms with E-state index in [2.05, 4.69) is 170 Å². The predicted molar refractivity (Wildman–Crippen MR) is 534 cm³/mol. The Hall–Kier alpha value is -15.4. The number of hydrogen-bond acceptors (Lipinski definition) is 17. The Morgan fingerprint density at radius 3 is 1.24 bits per heavy atom. The Labute approximate surface area is 800 Å². The number of nitrogens with zero attached hydrogens (tertiary/aromatic N) is 9. The predicted octanol–water partition coefficient (Wildman–Crippen LogP) is 17.6. The third-order valence-corrected chi connectivity index (χ3v) is 26.5. The molecule has 0 radical (unpaired) electrons. The number of hydrogen-bond donors (Lipinski definition) is 9. The number of nitrogens with one attached hydrogen (secondary N) is 8. The molecule has 3 amide bonds. The number of fused-ring (bicyclic) bond motifs is 5. The van der Waals surface area contributed by atoms with Gasteiger partial charge in [0.05, 0.1) is 73.3 Å². The van der Waals surface area contributed by atoms with Crippen molar-refractivity contribution in [2.45, 2.75) is 128 Å². The summed E-state index contributed by atoms with van der Waals surface area (Å²) in [6.07, 6.45) is 17.0. The highest BCUT2D eigenvalue weighted by Crippen LogP contribution is 2.36. The molecule has 28 heteroatoms. The largest absolute Gasteiger partial charge is 0.497 e. The second-order valence-corrected chi connectivity index (χ2v) is 35.1. The number of rotatable bonds is 36. The zero-order valence-electron chi connectivity index (χ0n) is 78.3. The standard InChI is InChI=1S/C38H37N7O2.C37H40N6O4.C35H39N5O4/c1-47-30-16-13-25(14-17-30)24-45-36(18-15-28-22-40-33-11-4-2-9-31(28)33)43-44-37(45)35(20-29-23-41-34-12-5-3-10-32(29)34)42-38(46)27-8-6-7-26(19-27)21-39;1-45-29-13-11-26(34(21-29)46-2)23-43-35(14-12-28-19-25-7-3-5-9-31(25)39-28)41-42-36(43)33(40-37(44)24-15-17-47-18-16-24)20-27-22-38-32-10-6-4-8-30(27)32;1-42-28-14-13-26(32(21-28)43-2)23-40-33(15-12-24-8-4-3-5-9-24)38-39-34(40)31(37-35(41)25-16-18-44-19-17-25)20-27-22-36-30-11-7-6-10-29(27)30/h2-14,16-17,19,22-23,35,40-41H,15,18,20-21,24,39H2,1H3,(H,42,46);3-11,13,19,21-22,24,33,38-39H,12,14-18,20,23H2,1-2H3,(H,40,44);3-11,13-14,21-22,25,31,36H,12,15-20,23H2,1-2H3,(H,37,41)/t35-;33-;31-/m111/s1. The molecule has 2 aliphatic heterocycles. The van der Waals surface area contributed by atoms with Crippen molar-refractivity contribution in [3.63, 3.8) is 0 Å². The Morgan fingerprint density at radius 2 is 0.775 bits per heavy atom. The summed E-state index contributed by atoms with van der Waals surface area (Å²) in [6.45, 7) is 4.23. The summed E-state index contributed by atoms with van der Waals surface area (Å²) in [6, 6.07) is 79.7. The molecule has 706 valence electrons. The molecule has 2 aliphatic rings. The molecule has 138 heavy (non-hydrogen) atoms. The molecule has 10 heterocycles. The lowest BCUT2D eigenvalue weighted by Gasteiger charge is -2.25. The minimum atomic E-state index is -0.462. The van der Waals surface area contributed by atoms with Gasteiger partial charge in [0, 0.05) is 192 Å². The molecule has 2 saturated heterocycles. The van der Waals surface area contributed by atoms with Gasteiger partial charge in [0.2, 0.25) is 11.8 Å². The summed E-state index contributed by atoms with van der Waals surface area (Å²) in [4.78, 5) is 58.3. The van der Waals surface area contributed by atoms with Crippen molar-refractivity contribution in [2.75, 3.05) is 62.0 Å². The molecule has 10 N–H and O–H groups in total. The molecule has 18 aromatic rings. The van der Waals surface area contributed by atoms with E-state index in [0.717, 1.165) is 154 Å². The van der Waals surface area contributed by atoms with Gasteiger partial charge in [-0.15, -0.1) is 30.6 Å². The lowest BCUT2D eigenvalue weighted by Crippen LogP contribution is -2.38. The van der Waals surface area contributed by atoms with Gasteiger partial charge < -0.3 is 93.5 Å². The number of aromatic amines is 5. The van der Waals surface area contributed by atoms with Crippen LogP contribution >= 0.6 is 0 Å². The van der Waals surface area contributed by atoms with E-state index in [1.54, 1.807) is 35.5 Å². The van der Waals surface area contributed by atoms with Crippen molar-refractivity contribution in [1.29, 1.82) is 0 Å². The monoisotopic (exact) mass is 1850 g/mol. The zero-order chi connectivity index (χ0) is 94.6. The SMILES string of the molecule is COc1ccc(Cn2c(CCc3c[nH]c4ccccc34)nnc2[C@@H](Cc2c[nH]c3ccccc23)NC(=O)c2cccc(CN)c2)cc1.COc1ccc(Cn2c(CCc3cc4ccccc4[nH]3)nnc2[C@@H](Cc2c[nH]c3ccccc23)NC(=O)C2CCOCC2)c(OC)c1.COc1ccc(Cn2c(CCc3ccccc3)nnc2[C@@H](Cc2c[nH]c3ccccc23)NC(=O)C2CCOCC2)c(OC)c1. The van der Waals surface area contributed by atoms with Crippen LogP contribution in [0, 0.1) is 11.8 Å². The van der Waals surface area contributed by atoms with Crippen LogP contribution in [0.15, 0.2) is 267 Å². The van der Waals surface area contributed by atoms with Crippen LogP contribution in [-0.2, 0) is 103 Å². The summed E-state index contributed by atoms with van der Waals surface area (Å²) in [5.41, 5.74) is 22.6. The Kier molecular flexibility index (Phi) is 29.9. The summed E-state index contributed by atoms with van der Waals surface area (Å²) in [5, 5.41) is 44.4. The Morgan fingerprint density at radius 1 is 0.370 bits per heavy atom. The van der Waals surface area contributed by atoms with Gasteiger partial charge in [-0.25, -0.2) is 0 Å². The molecule has 28 nitrogen and oxygen atoms in total. The second-order valence-electron chi connectivity index (χ2n) is 35.1. The quantitative estimate of drug-likeness (QED) is 0.0176. The molecule has 2 fully saturated rings. The van der Waals surface area contributed by atoms with Crippen LogP contribution in [0.2, 0.25) is 0 Å². The minimum Gasteiger partial charge on any atom is -0.497 e. The molecule has 0 spiro atoms. The Balaban J connectivity index is 0.000000138. The number of methoxy groups -OCH3 is 5. The highest BCUT2D eigenvalue weighted by molar-refractivity contribution is 5.95. The summed E-state index contributed by atoms with van der Waals surface area (Å²) in [5.74, 6) is 7.99. The number of nitrogens with two attached hydrogens (primary N) is 1. The molecular formula is C110H116N18O10. The maximum atomic E-state index is 13.8. The van der Waals surface area contributed by atoms with Crippen molar-refractivity contribution in [1.82, 2.24) is 85.2 Å². The summed E-state index contributed by atoms with van der Waals surface area (Å²) < 4.78 is 45.4. The van der Waals surface area contributed by atoms with Crippen molar-refractivity contribution in [3.8, 4) is 28.7 Å². The van der Waals surface area contributed by atoms with E-state index in [4.69, 9.17) is 69.5 Å². The number of H-pyrrole nitrogens is 5. The average Bonchev–Trinajstić information content (AvgIpc) is 1.64. The van der Waals surface area contributed by atoms with Crippen LogP contribution < -0.4 is 45.4 Å². The molecule has 10 aromatic carbocycles. The first-order chi connectivity index (χ1) is 67.8. The minimum absolute atomic E-state index is 0.0225. The van der Waals surface area contributed by atoms with E-state index in [1.165, 1.54) is 21.9 Å². The molecule has 20 rings (SSSR count). The fourth-order valence-electron chi connectivity index (χ4n) is 18.9. The van der Waals surface area contributed by atoms with Gasteiger partial charge in [0.15, 0.2) is 17.5 Å². The van der Waals surface area contributed by atoms with Gasteiger partial charge in [-0.05, 0) is 174 Å². The number of carbonyl (C=O) groups excluding carboxylic acids is 3. The molecule has 0 unspecified atom stereocenters. The van der Waals surface area contributed by atoms with Crippen LogP contribution in [0.5, 0.6) is 28.7 Å². The van der Waals surface area contributed by atoms with E-state index in [9.17, 15) is 14.4 Å². The maximum Gasteiger partial charge on any atom is 0.251 e. The Bertz CT molecular complexity index is 7120. The third-order valence-electron chi connectivity index (χ3n) is 26.5. The first-order valence-electron chi connectivity index (χ1n) is 47.3. The second kappa shape index (κ2) is 44.4. The first-order valence-corrected chi connectivity index (χ1v) is 47.3. The van der Waals surface area contributed by atoms with Crippen molar-refractivity contribution in [3.05, 3.63) is 364 Å². The first kappa shape index (κ1) is 93.0. The number of aromatic nitrogens is 14. The third kappa shape index (κ3) is 22.1. The smallest absolute Gasteiger partial charge is 0.251 e. The van der Waals surface area contributed by atoms with Crippen LogP contribution in [0.25, 0.3) is 54.5 Å². The maximum absolute atomic E-state index is 13.8.